The van der Waals surface area contributed by atoms with Crippen LogP contribution in [0.5, 0.6) is 0 Å². The molecule has 0 fully saturated rings. The van der Waals surface area contributed by atoms with Crippen LogP contribution in [-0.4, -0.2) is 38.7 Å². The van der Waals surface area contributed by atoms with Gasteiger partial charge in [0.05, 0.1) is 23.9 Å². The Bertz CT molecular complexity index is 1240. The first-order valence-electron chi connectivity index (χ1n) is 8.93. The van der Waals surface area contributed by atoms with E-state index < -0.39 is 0 Å². The molecule has 3 N–H and O–H groups in total. The van der Waals surface area contributed by atoms with E-state index in [2.05, 4.69) is 25.2 Å². The number of fused-ring (bicyclic) bond motifs is 1. The van der Waals surface area contributed by atoms with Crippen molar-refractivity contribution in [3.05, 3.63) is 78.2 Å². The maximum atomic E-state index is 12.3. The smallest absolute Gasteiger partial charge is 0.270 e. The largest absolute Gasteiger partial charge is 0.397 e. The van der Waals surface area contributed by atoms with Crippen molar-refractivity contribution in [2.75, 3.05) is 18.8 Å². The molecule has 0 aliphatic carbocycles. The molecule has 0 saturated carbocycles. The maximum Gasteiger partial charge on any atom is 0.270 e. The number of nitrogens with zero attached hydrogens (tertiary/aromatic N) is 5. The van der Waals surface area contributed by atoms with Crippen molar-refractivity contribution in [1.29, 1.82) is 0 Å². The molecule has 142 valence electrons. The van der Waals surface area contributed by atoms with Gasteiger partial charge < -0.3 is 15.9 Å². The molecule has 3 heterocycles. The molecule has 0 radical (unpaired) electrons. The average molecular weight is 383 g/mol. The lowest BCUT2D eigenvalue weighted by Gasteiger charge is -2.07. The molecule has 8 heteroatoms. The summed E-state index contributed by atoms with van der Waals surface area (Å²) in [6, 6.07) is 13.0. The summed E-state index contributed by atoms with van der Waals surface area (Å²) in [5.41, 5.74) is 9.42. The van der Waals surface area contributed by atoms with Gasteiger partial charge in [0.2, 0.25) is 6.54 Å². The fraction of sp³-hybridized carbons (Fsp3) is 0.0952. The third kappa shape index (κ3) is 3.75. The van der Waals surface area contributed by atoms with Gasteiger partial charge in [0.1, 0.15) is 5.69 Å². The number of aromatic nitrogens is 4. The number of amides is 1. The molecule has 0 aliphatic heterocycles. The van der Waals surface area contributed by atoms with Crippen LogP contribution in [-0.2, 0) is 0 Å². The van der Waals surface area contributed by atoms with Gasteiger partial charge in [-0.05, 0) is 29.8 Å². The van der Waals surface area contributed by atoms with Gasteiger partial charge in [-0.1, -0.05) is 18.2 Å². The number of anilines is 1. The Morgan fingerprint density at radius 2 is 2.03 bits per heavy atom. The average Bonchev–Trinajstić information content (AvgIpc) is 3.17. The minimum absolute atomic E-state index is 0.233. The van der Waals surface area contributed by atoms with Crippen molar-refractivity contribution in [1.82, 2.24) is 25.1 Å². The van der Waals surface area contributed by atoms with E-state index in [1.165, 1.54) is 0 Å². The Balaban J connectivity index is 1.71. The first kappa shape index (κ1) is 18.1. The molecule has 0 unspecified atom stereocenters. The van der Waals surface area contributed by atoms with Gasteiger partial charge in [0.25, 0.3) is 5.91 Å². The molecular weight excluding hydrogens is 366 g/mol. The summed E-state index contributed by atoms with van der Waals surface area (Å²) in [6.07, 6.45) is 5.11. The van der Waals surface area contributed by atoms with Crippen molar-refractivity contribution in [3.8, 4) is 16.9 Å². The molecule has 1 amide bonds. The number of hydrogen-bond donors (Lipinski definition) is 2. The number of hydrogen-bond acceptors (Lipinski definition) is 5. The standard InChI is InChI=1S/C21H17N7O/c1-23-7-8-25-21(29)18-3-2-4-20(27-18)28-19-10-14(5-6-15(19)12-26-28)16-9-17(22)13-24-11-16/h2-6,9-13H,7-8,22H2,(H,25,29). The Morgan fingerprint density at radius 1 is 1.14 bits per heavy atom. The summed E-state index contributed by atoms with van der Waals surface area (Å²) in [6.45, 7) is 7.31. The molecule has 0 atom stereocenters. The summed E-state index contributed by atoms with van der Waals surface area (Å²) in [4.78, 5) is 24.1. The number of rotatable bonds is 5. The molecular formula is C21H17N7O. The van der Waals surface area contributed by atoms with Crippen LogP contribution in [0.15, 0.2) is 61.1 Å². The second-order valence-electron chi connectivity index (χ2n) is 6.36. The molecule has 0 bridgehead atoms. The zero-order chi connectivity index (χ0) is 20.2. The maximum absolute atomic E-state index is 12.3. The van der Waals surface area contributed by atoms with Gasteiger partial charge in [0.15, 0.2) is 5.82 Å². The van der Waals surface area contributed by atoms with Crippen molar-refractivity contribution < 1.29 is 4.79 Å². The molecule has 4 aromatic rings. The summed E-state index contributed by atoms with van der Waals surface area (Å²) >= 11 is 0. The third-order valence-electron chi connectivity index (χ3n) is 4.36. The van der Waals surface area contributed by atoms with E-state index in [0.717, 1.165) is 22.0 Å². The summed E-state index contributed by atoms with van der Waals surface area (Å²) in [7, 11) is 0. The van der Waals surface area contributed by atoms with E-state index in [1.54, 1.807) is 41.5 Å². The molecule has 0 aliphatic rings. The van der Waals surface area contributed by atoms with Gasteiger partial charge in [-0.25, -0.2) is 16.2 Å². The lowest BCUT2D eigenvalue weighted by molar-refractivity contribution is 0.0950. The second kappa shape index (κ2) is 7.78. The van der Waals surface area contributed by atoms with E-state index in [0.29, 0.717) is 11.5 Å². The van der Waals surface area contributed by atoms with Gasteiger partial charge in [-0.3, -0.25) is 9.78 Å². The monoisotopic (exact) mass is 383 g/mol. The van der Waals surface area contributed by atoms with Crippen molar-refractivity contribution in [2.24, 2.45) is 0 Å². The number of carbonyl (C=O) groups excluding carboxylic acids is 1. The Hall–Kier alpha value is -4.25. The fourth-order valence-electron chi connectivity index (χ4n) is 2.98. The molecule has 0 spiro atoms. The van der Waals surface area contributed by atoms with E-state index in [-0.39, 0.29) is 24.7 Å². The van der Waals surface area contributed by atoms with Crippen molar-refractivity contribution in [2.45, 2.75) is 0 Å². The van der Waals surface area contributed by atoms with Crippen LogP contribution in [0.2, 0.25) is 0 Å². The Labute approximate surface area is 166 Å². The van der Waals surface area contributed by atoms with Gasteiger partial charge >= 0.3 is 0 Å². The molecule has 3 aromatic heterocycles. The summed E-state index contributed by atoms with van der Waals surface area (Å²) in [5.74, 6) is 0.208. The first-order valence-corrected chi connectivity index (χ1v) is 8.93. The predicted octanol–water partition coefficient (Wildman–Crippen LogP) is 2.71. The quantitative estimate of drug-likeness (QED) is 0.407. The van der Waals surface area contributed by atoms with Gasteiger partial charge in [-0.15, -0.1) is 0 Å². The second-order valence-corrected chi connectivity index (χ2v) is 6.36. The van der Waals surface area contributed by atoms with E-state index in [9.17, 15) is 4.79 Å². The number of nitrogen functional groups attached to an aromatic ring is 1. The van der Waals surface area contributed by atoms with Crippen LogP contribution in [0, 0.1) is 6.57 Å². The van der Waals surface area contributed by atoms with Crippen LogP contribution >= 0.6 is 0 Å². The zero-order valence-electron chi connectivity index (χ0n) is 15.4. The first-order chi connectivity index (χ1) is 14.2. The molecule has 0 saturated heterocycles. The number of carbonyl (C=O) groups is 1. The van der Waals surface area contributed by atoms with Crippen LogP contribution in [0.3, 0.4) is 0 Å². The highest BCUT2D eigenvalue weighted by Gasteiger charge is 2.12. The van der Waals surface area contributed by atoms with Crippen LogP contribution in [0.1, 0.15) is 10.5 Å². The number of benzene rings is 1. The number of pyridine rings is 2. The highest BCUT2D eigenvalue weighted by atomic mass is 16.1. The minimum Gasteiger partial charge on any atom is -0.397 e. The molecule has 29 heavy (non-hydrogen) atoms. The lowest BCUT2D eigenvalue weighted by Crippen LogP contribution is -2.26. The topological polar surface area (TPSA) is 103 Å². The van der Waals surface area contributed by atoms with E-state index in [4.69, 9.17) is 12.3 Å². The Kier molecular flexibility index (Phi) is 4.86. The number of nitrogens with two attached hydrogens (primary N) is 1. The zero-order valence-corrected chi connectivity index (χ0v) is 15.4. The predicted molar refractivity (Wildman–Crippen MR) is 110 cm³/mol. The normalized spacial score (nSPS) is 10.6. The van der Waals surface area contributed by atoms with Gasteiger partial charge in [0, 0.05) is 23.3 Å². The van der Waals surface area contributed by atoms with Crippen LogP contribution < -0.4 is 11.1 Å². The lowest BCUT2D eigenvalue weighted by atomic mass is 10.1. The summed E-state index contributed by atoms with van der Waals surface area (Å²) < 4.78 is 1.69. The number of nitrogens with one attached hydrogen (secondary N) is 1. The summed E-state index contributed by atoms with van der Waals surface area (Å²) in [5, 5.41) is 8.06. The molecule has 1 aromatic carbocycles. The van der Waals surface area contributed by atoms with Crippen LogP contribution in [0.4, 0.5) is 5.69 Å². The van der Waals surface area contributed by atoms with Crippen molar-refractivity contribution in [3.63, 3.8) is 0 Å². The van der Waals surface area contributed by atoms with Gasteiger partial charge in [-0.2, -0.15) is 5.10 Å². The van der Waals surface area contributed by atoms with E-state index in [1.807, 2.05) is 24.3 Å². The Morgan fingerprint density at radius 3 is 2.86 bits per heavy atom. The van der Waals surface area contributed by atoms with Crippen molar-refractivity contribution >= 4 is 22.5 Å². The van der Waals surface area contributed by atoms with E-state index >= 15 is 0 Å². The molecule has 8 nitrogen and oxygen atoms in total. The highest BCUT2D eigenvalue weighted by Crippen LogP contribution is 2.26. The fourth-order valence-corrected chi connectivity index (χ4v) is 2.98. The van der Waals surface area contributed by atoms with Crippen LogP contribution in [0.25, 0.3) is 32.7 Å². The highest BCUT2D eigenvalue weighted by molar-refractivity contribution is 5.92. The SMILES string of the molecule is [C-]#[N+]CCNC(=O)c1cccc(-n2ncc3ccc(-c4cncc(N)c4)cc32)n1. The molecule has 4 rings (SSSR count). The third-order valence-corrected chi connectivity index (χ3v) is 4.36. The minimum atomic E-state index is -0.321.